The van der Waals surface area contributed by atoms with Gasteiger partial charge in [0, 0.05) is 6.04 Å². The summed E-state index contributed by atoms with van der Waals surface area (Å²) in [7, 11) is -3.43. The molecule has 0 radical (unpaired) electrons. The maximum Gasteiger partial charge on any atom is 0.232 e. The van der Waals surface area contributed by atoms with Crippen molar-refractivity contribution in [1.82, 2.24) is 14.5 Å². The second kappa shape index (κ2) is 5.26. The van der Waals surface area contributed by atoms with Crippen LogP contribution in [0, 0.1) is 0 Å². The summed E-state index contributed by atoms with van der Waals surface area (Å²) in [4.78, 5) is 0. The van der Waals surface area contributed by atoms with Crippen LogP contribution in [0.15, 0.2) is 10.7 Å². The summed E-state index contributed by atoms with van der Waals surface area (Å²) >= 11 is 3.12. The lowest BCUT2D eigenvalue weighted by Gasteiger charge is -2.10. The van der Waals surface area contributed by atoms with E-state index in [4.69, 9.17) is 5.11 Å². The number of nitrogens with zero attached hydrogens (tertiary/aromatic N) is 2. The van der Waals surface area contributed by atoms with Gasteiger partial charge < -0.3 is 5.11 Å². The molecule has 0 amide bonds. The number of aliphatic hydroxyl groups is 1. The van der Waals surface area contributed by atoms with Crippen molar-refractivity contribution in [2.24, 2.45) is 0 Å². The number of halogens is 1. The van der Waals surface area contributed by atoms with Crippen molar-refractivity contribution in [3.05, 3.63) is 16.4 Å². The van der Waals surface area contributed by atoms with Crippen LogP contribution >= 0.6 is 15.9 Å². The fourth-order valence-electron chi connectivity index (χ4n) is 1.22. The van der Waals surface area contributed by atoms with Crippen LogP contribution in [0.5, 0.6) is 0 Å². The lowest BCUT2D eigenvalue weighted by atomic mass is 10.4. The largest absolute Gasteiger partial charge is 0.390 e. The standard InChI is InChI=1S/C8H14BrN3O3S/c1-6(2)11-16(14,15)5-12-7(4-13)3-8(9)10-12/h3,6,11,13H,4-5H2,1-2H3. The molecule has 0 atom stereocenters. The second-order valence-electron chi connectivity index (χ2n) is 3.63. The van der Waals surface area contributed by atoms with Gasteiger partial charge in [0.25, 0.3) is 0 Å². The number of aromatic nitrogens is 2. The first-order valence-electron chi connectivity index (χ1n) is 4.67. The van der Waals surface area contributed by atoms with Gasteiger partial charge in [-0.1, -0.05) is 0 Å². The van der Waals surface area contributed by atoms with Gasteiger partial charge >= 0.3 is 0 Å². The summed E-state index contributed by atoms with van der Waals surface area (Å²) in [6.07, 6.45) is 0. The van der Waals surface area contributed by atoms with Crippen molar-refractivity contribution < 1.29 is 13.5 Å². The van der Waals surface area contributed by atoms with Gasteiger partial charge in [-0.15, -0.1) is 0 Å². The molecule has 1 aromatic heterocycles. The number of aliphatic hydroxyl groups excluding tert-OH is 1. The molecular formula is C8H14BrN3O3S. The zero-order valence-electron chi connectivity index (χ0n) is 9.01. The lowest BCUT2D eigenvalue weighted by molar-refractivity contribution is 0.270. The van der Waals surface area contributed by atoms with Crippen LogP contribution in [0.1, 0.15) is 19.5 Å². The van der Waals surface area contributed by atoms with Gasteiger partial charge in [-0.2, -0.15) is 5.10 Å². The highest BCUT2D eigenvalue weighted by Gasteiger charge is 2.16. The third kappa shape index (κ3) is 3.85. The summed E-state index contributed by atoms with van der Waals surface area (Å²) in [5.74, 6) is -0.299. The van der Waals surface area contributed by atoms with Gasteiger partial charge in [0.1, 0.15) is 4.60 Å². The smallest absolute Gasteiger partial charge is 0.232 e. The van der Waals surface area contributed by atoms with Crippen LogP contribution < -0.4 is 4.72 Å². The number of rotatable bonds is 5. The number of sulfonamides is 1. The molecule has 92 valence electrons. The molecule has 1 rings (SSSR count). The molecular weight excluding hydrogens is 298 g/mol. The first kappa shape index (κ1) is 13.6. The Morgan fingerprint density at radius 1 is 1.62 bits per heavy atom. The first-order valence-corrected chi connectivity index (χ1v) is 7.11. The molecule has 0 unspecified atom stereocenters. The van der Waals surface area contributed by atoms with Crippen LogP contribution in [0.25, 0.3) is 0 Å². The highest BCUT2D eigenvalue weighted by molar-refractivity contribution is 9.10. The predicted octanol–water partition coefficient (Wildman–Crippen LogP) is 0.423. The van der Waals surface area contributed by atoms with E-state index in [1.807, 2.05) is 0 Å². The molecule has 1 aromatic rings. The van der Waals surface area contributed by atoms with Crippen LogP contribution in [0.3, 0.4) is 0 Å². The third-order valence-electron chi connectivity index (χ3n) is 1.70. The zero-order valence-corrected chi connectivity index (χ0v) is 11.4. The van der Waals surface area contributed by atoms with Crippen molar-refractivity contribution >= 4 is 26.0 Å². The molecule has 1 heterocycles. The molecule has 16 heavy (non-hydrogen) atoms. The molecule has 0 spiro atoms. The Labute approximate surface area is 103 Å². The maximum atomic E-state index is 11.6. The minimum Gasteiger partial charge on any atom is -0.390 e. The quantitative estimate of drug-likeness (QED) is 0.825. The topological polar surface area (TPSA) is 84.2 Å². The van der Waals surface area contributed by atoms with Crippen LogP contribution in [-0.2, 0) is 22.5 Å². The highest BCUT2D eigenvalue weighted by atomic mass is 79.9. The van der Waals surface area contributed by atoms with E-state index in [2.05, 4.69) is 25.8 Å². The fraction of sp³-hybridized carbons (Fsp3) is 0.625. The maximum absolute atomic E-state index is 11.6. The molecule has 0 aliphatic heterocycles. The Morgan fingerprint density at radius 3 is 2.75 bits per heavy atom. The van der Waals surface area contributed by atoms with E-state index in [9.17, 15) is 8.42 Å². The molecule has 6 nitrogen and oxygen atoms in total. The van der Waals surface area contributed by atoms with E-state index in [0.717, 1.165) is 0 Å². The Hall–Kier alpha value is -0.440. The molecule has 0 bridgehead atoms. The van der Waals surface area contributed by atoms with Crippen molar-refractivity contribution in [3.63, 3.8) is 0 Å². The van der Waals surface area contributed by atoms with Gasteiger partial charge in [-0.25, -0.2) is 17.8 Å². The number of hydrogen-bond donors (Lipinski definition) is 2. The molecule has 0 aliphatic rings. The summed E-state index contributed by atoms with van der Waals surface area (Å²) in [6.45, 7) is 3.23. The molecule has 2 N–H and O–H groups in total. The van der Waals surface area contributed by atoms with Crippen LogP contribution in [-0.4, -0.2) is 29.3 Å². The first-order chi connectivity index (χ1) is 7.34. The summed E-state index contributed by atoms with van der Waals surface area (Å²) in [6, 6.07) is 1.41. The Balaban J connectivity index is 2.87. The third-order valence-corrected chi connectivity index (χ3v) is 3.51. The molecule has 0 saturated heterocycles. The van der Waals surface area contributed by atoms with Gasteiger partial charge in [-0.05, 0) is 35.8 Å². The van der Waals surface area contributed by atoms with E-state index in [-0.39, 0.29) is 18.5 Å². The second-order valence-corrected chi connectivity index (χ2v) is 6.17. The molecule has 0 aliphatic carbocycles. The van der Waals surface area contributed by atoms with E-state index in [1.165, 1.54) is 4.68 Å². The molecule has 0 aromatic carbocycles. The monoisotopic (exact) mass is 311 g/mol. The van der Waals surface area contributed by atoms with Gasteiger partial charge in [-0.3, -0.25) is 0 Å². The van der Waals surface area contributed by atoms with Crippen molar-refractivity contribution in [2.75, 3.05) is 0 Å². The zero-order chi connectivity index (χ0) is 12.3. The Bertz CT molecular complexity index is 455. The Kier molecular flexibility index (Phi) is 4.48. The molecule has 0 fully saturated rings. The average Bonchev–Trinajstić information content (AvgIpc) is 2.42. The van der Waals surface area contributed by atoms with E-state index < -0.39 is 10.0 Å². The van der Waals surface area contributed by atoms with Gasteiger partial charge in [0.15, 0.2) is 5.88 Å². The number of nitrogens with one attached hydrogen (secondary N) is 1. The molecule has 8 heteroatoms. The summed E-state index contributed by atoms with van der Waals surface area (Å²) in [5, 5.41) is 12.9. The van der Waals surface area contributed by atoms with Crippen LogP contribution in [0.2, 0.25) is 0 Å². The van der Waals surface area contributed by atoms with Crippen molar-refractivity contribution in [3.8, 4) is 0 Å². The van der Waals surface area contributed by atoms with E-state index in [0.29, 0.717) is 10.3 Å². The van der Waals surface area contributed by atoms with Crippen molar-refractivity contribution in [2.45, 2.75) is 32.4 Å². The predicted molar refractivity (Wildman–Crippen MR) is 63.0 cm³/mol. The van der Waals surface area contributed by atoms with Crippen molar-refractivity contribution in [1.29, 1.82) is 0 Å². The Morgan fingerprint density at radius 2 is 2.25 bits per heavy atom. The molecule has 0 saturated carbocycles. The highest BCUT2D eigenvalue weighted by Crippen LogP contribution is 2.11. The van der Waals surface area contributed by atoms with Gasteiger partial charge in [0.05, 0.1) is 12.3 Å². The lowest BCUT2D eigenvalue weighted by Crippen LogP contribution is -2.33. The summed E-state index contributed by atoms with van der Waals surface area (Å²) < 4.78 is 27.4. The fourth-order valence-corrected chi connectivity index (χ4v) is 3.01. The minimum absolute atomic E-state index is 0.165. The normalized spacial score (nSPS) is 12.3. The average molecular weight is 312 g/mol. The SMILES string of the molecule is CC(C)NS(=O)(=O)Cn1nc(Br)cc1CO. The van der Waals surface area contributed by atoms with Gasteiger partial charge in [0.2, 0.25) is 10.0 Å². The minimum atomic E-state index is -3.43. The van der Waals surface area contributed by atoms with E-state index in [1.54, 1.807) is 19.9 Å². The van der Waals surface area contributed by atoms with E-state index >= 15 is 0 Å². The van der Waals surface area contributed by atoms with Crippen LogP contribution in [0.4, 0.5) is 0 Å². The number of hydrogen-bond acceptors (Lipinski definition) is 4. The summed E-state index contributed by atoms with van der Waals surface area (Å²) in [5.41, 5.74) is 0.445.